The molecule has 1 heterocycles. The van der Waals surface area contributed by atoms with Gasteiger partial charge in [0.05, 0.1) is 5.56 Å². The van der Waals surface area contributed by atoms with Crippen molar-refractivity contribution in [3.05, 3.63) is 65.5 Å². The van der Waals surface area contributed by atoms with Crippen LogP contribution in [0.4, 0.5) is 13.2 Å². The van der Waals surface area contributed by atoms with Gasteiger partial charge in [-0.05, 0) is 42.8 Å². The van der Waals surface area contributed by atoms with Gasteiger partial charge in [-0.2, -0.15) is 13.2 Å². The fourth-order valence-corrected chi connectivity index (χ4v) is 2.00. The van der Waals surface area contributed by atoms with Crippen LogP contribution in [-0.4, -0.2) is 22.8 Å². The van der Waals surface area contributed by atoms with Gasteiger partial charge in [-0.1, -0.05) is 6.07 Å². The average Bonchev–Trinajstić information content (AvgIpc) is 2.59. The van der Waals surface area contributed by atoms with Gasteiger partial charge < -0.3 is 10.6 Å². The number of carbonyl (C=O) groups excluding carboxylic acids is 2. The van der Waals surface area contributed by atoms with E-state index in [2.05, 4.69) is 15.6 Å². The van der Waals surface area contributed by atoms with Crippen molar-refractivity contribution >= 4 is 11.8 Å². The maximum atomic E-state index is 12.5. The van der Waals surface area contributed by atoms with Crippen LogP contribution >= 0.6 is 0 Å². The van der Waals surface area contributed by atoms with Crippen molar-refractivity contribution < 1.29 is 22.8 Å². The lowest BCUT2D eigenvalue weighted by Crippen LogP contribution is -2.44. The normalized spacial score (nSPS) is 12.3. The van der Waals surface area contributed by atoms with Crippen LogP contribution in [0.2, 0.25) is 0 Å². The number of aromatic nitrogens is 1. The highest BCUT2D eigenvalue weighted by Crippen LogP contribution is 2.29. The molecule has 0 fully saturated rings. The lowest BCUT2D eigenvalue weighted by atomic mass is 10.1. The molecule has 5 nitrogen and oxygen atoms in total. The fourth-order valence-electron chi connectivity index (χ4n) is 2.00. The molecule has 1 aromatic carbocycles. The summed E-state index contributed by atoms with van der Waals surface area (Å²) in [5.74, 6) is -1.04. The van der Waals surface area contributed by atoms with Gasteiger partial charge in [-0.15, -0.1) is 0 Å². The van der Waals surface area contributed by atoms with Crippen molar-refractivity contribution in [3.8, 4) is 0 Å². The maximum Gasteiger partial charge on any atom is 0.416 e. The third-order valence-electron chi connectivity index (χ3n) is 3.40. The van der Waals surface area contributed by atoms with Gasteiger partial charge in [0.25, 0.3) is 5.91 Å². The summed E-state index contributed by atoms with van der Waals surface area (Å²) in [7, 11) is 0. The largest absolute Gasteiger partial charge is 0.416 e. The minimum Gasteiger partial charge on any atom is -0.350 e. The van der Waals surface area contributed by atoms with Gasteiger partial charge in [-0.25, -0.2) is 0 Å². The second-order valence-electron chi connectivity index (χ2n) is 5.35. The zero-order valence-corrected chi connectivity index (χ0v) is 13.3. The highest BCUT2D eigenvalue weighted by atomic mass is 19.4. The van der Waals surface area contributed by atoms with E-state index in [9.17, 15) is 22.8 Å². The predicted molar refractivity (Wildman–Crippen MR) is 84.5 cm³/mol. The van der Waals surface area contributed by atoms with Crippen molar-refractivity contribution in [1.29, 1.82) is 0 Å². The van der Waals surface area contributed by atoms with E-state index in [0.717, 1.165) is 29.8 Å². The summed E-state index contributed by atoms with van der Waals surface area (Å²) in [6.45, 7) is 1.74. The summed E-state index contributed by atoms with van der Waals surface area (Å²) in [4.78, 5) is 27.9. The molecule has 0 saturated heterocycles. The Morgan fingerprint density at radius 3 is 2.40 bits per heavy atom. The molecule has 0 radical (unpaired) electrons. The zero-order chi connectivity index (χ0) is 18.4. The summed E-state index contributed by atoms with van der Waals surface area (Å²) >= 11 is 0. The van der Waals surface area contributed by atoms with E-state index in [1.807, 2.05) is 0 Å². The van der Waals surface area contributed by atoms with Gasteiger partial charge in [0, 0.05) is 24.5 Å². The molecule has 1 atom stereocenters. The molecule has 25 heavy (non-hydrogen) atoms. The minimum absolute atomic E-state index is 0.0416. The van der Waals surface area contributed by atoms with E-state index in [1.165, 1.54) is 6.92 Å². The first-order valence-electron chi connectivity index (χ1n) is 7.42. The van der Waals surface area contributed by atoms with E-state index in [-0.39, 0.29) is 12.1 Å². The summed E-state index contributed by atoms with van der Waals surface area (Å²) < 4.78 is 37.5. The lowest BCUT2D eigenvalue weighted by Gasteiger charge is -2.14. The number of hydrogen-bond acceptors (Lipinski definition) is 3. The van der Waals surface area contributed by atoms with Crippen molar-refractivity contribution in [2.24, 2.45) is 0 Å². The number of amides is 2. The molecule has 132 valence electrons. The Morgan fingerprint density at radius 2 is 1.84 bits per heavy atom. The number of carbonyl (C=O) groups is 2. The molecule has 0 bridgehead atoms. The van der Waals surface area contributed by atoms with E-state index in [1.54, 1.807) is 24.5 Å². The van der Waals surface area contributed by atoms with Crippen LogP contribution < -0.4 is 10.6 Å². The number of alkyl halides is 3. The van der Waals surface area contributed by atoms with E-state index in [4.69, 9.17) is 0 Å². The topological polar surface area (TPSA) is 71.1 Å². The SMILES string of the molecule is C[C@H](NC(=O)c1ccc(C(F)(F)F)cc1)C(=O)NCc1cccnc1. The third kappa shape index (κ3) is 5.30. The number of pyridine rings is 1. The molecular weight excluding hydrogens is 335 g/mol. The second kappa shape index (κ2) is 7.78. The number of benzene rings is 1. The number of hydrogen-bond donors (Lipinski definition) is 2. The Kier molecular flexibility index (Phi) is 5.74. The molecule has 2 aromatic rings. The first kappa shape index (κ1) is 18.4. The van der Waals surface area contributed by atoms with Crippen LogP contribution in [0.1, 0.15) is 28.4 Å². The summed E-state index contributed by atoms with van der Waals surface area (Å²) in [6.07, 6.45) is -1.25. The van der Waals surface area contributed by atoms with Gasteiger partial charge in [0.15, 0.2) is 0 Å². The summed E-state index contributed by atoms with van der Waals surface area (Å²) in [5.41, 5.74) is 0.00309. The first-order valence-corrected chi connectivity index (χ1v) is 7.42. The number of halogens is 3. The number of rotatable bonds is 5. The smallest absolute Gasteiger partial charge is 0.350 e. The Balaban J connectivity index is 1.89. The summed E-state index contributed by atoms with van der Waals surface area (Å²) in [5, 5.41) is 5.08. The second-order valence-corrected chi connectivity index (χ2v) is 5.35. The molecule has 1 aromatic heterocycles. The lowest BCUT2D eigenvalue weighted by molar-refractivity contribution is -0.137. The molecule has 2 amide bonds. The molecule has 2 rings (SSSR count). The van der Waals surface area contributed by atoms with Crippen LogP contribution in [0.15, 0.2) is 48.8 Å². The van der Waals surface area contributed by atoms with E-state index in [0.29, 0.717) is 0 Å². The molecule has 0 spiro atoms. The quantitative estimate of drug-likeness (QED) is 0.870. The predicted octanol–water partition coefficient (Wildman–Crippen LogP) is 2.54. The molecule has 0 saturated carbocycles. The van der Waals surface area contributed by atoms with E-state index < -0.39 is 29.6 Å². The van der Waals surface area contributed by atoms with Crippen molar-refractivity contribution in [2.45, 2.75) is 25.7 Å². The molecule has 0 aliphatic heterocycles. The molecule has 0 aliphatic rings. The highest BCUT2D eigenvalue weighted by molar-refractivity contribution is 5.97. The van der Waals surface area contributed by atoms with Gasteiger partial charge >= 0.3 is 6.18 Å². The molecule has 8 heteroatoms. The summed E-state index contributed by atoms with van der Waals surface area (Å²) in [6, 6.07) is 6.46. The molecule has 0 unspecified atom stereocenters. The Labute approximate surface area is 142 Å². The van der Waals surface area contributed by atoms with Crippen molar-refractivity contribution in [2.75, 3.05) is 0 Å². The van der Waals surface area contributed by atoms with E-state index >= 15 is 0 Å². The monoisotopic (exact) mass is 351 g/mol. The maximum absolute atomic E-state index is 12.5. The zero-order valence-electron chi connectivity index (χ0n) is 13.3. The molecule has 2 N–H and O–H groups in total. The van der Waals surface area contributed by atoms with Crippen LogP contribution in [-0.2, 0) is 17.5 Å². The first-order chi connectivity index (χ1) is 11.8. The Bertz CT molecular complexity index is 731. The standard InChI is InChI=1S/C17H16F3N3O2/c1-11(15(24)22-10-12-3-2-8-21-9-12)23-16(25)13-4-6-14(7-5-13)17(18,19)20/h2-9,11H,10H2,1H3,(H,22,24)(H,23,25)/t11-/m0/s1. The molecular formula is C17H16F3N3O2. The fraction of sp³-hybridized carbons (Fsp3) is 0.235. The van der Waals surface area contributed by atoms with Crippen molar-refractivity contribution in [3.63, 3.8) is 0 Å². The van der Waals surface area contributed by atoms with Gasteiger partial charge in [0.2, 0.25) is 5.91 Å². The third-order valence-corrected chi connectivity index (χ3v) is 3.40. The Hall–Kier alpha value is -2.90. The molecule has 0 aliphatic carbocycles. The average molecular weight is 351 g/mol. The van der Waals surface area contributed by atoms with Crippen molar-refractivity contribution in [1.82, 2.24) is 15.6 Å². The Morgan fingerprint density at radius 1 is 1.16 bits per heavy atom. The van der Waals surface area contributed by atoms with Crippen LogP contribution in [0.3, 0.4) is 0 Å². The van der Waals surface area contributed by atoms with Crippen LogP contribution in [0.5, 0.6) is 0 Å². The van der Waals surface area contributed by atoms with Gasteiger partial charge in [0.1, 0.15) is 6.04 Å². The number of nitrogens with zero attached hydrogens (tertiary/aromatic N) is 1. The van der Waals surface area contributed by atoms with Gasteiger partial charge in [-0.3, -0.25) is 14.6 Å². The van der Waals surface area contributed by atoms with Crippen LogP contribution in [0.25, 0.3) is 0 Å². The minimum atomic E-state index is -4.46. The highest BCUT2D eigenvalue weighted by Gasteiger charge is 2.30. The number of nitrogens with one attached hydrogen (secondary N) is 2. The van der Waals surface area contributed by atoms with Crippen LogP contribution in [0, 0.1) is 0 Å².